The second-order valence-electron chi connectivity index (χ2n) is 3.79. The first-order valence-electron chi connectivity index (χ1n) is 4.98. The van der Waals surface area contributed by atoms with Crippen LogP contribution in [0.5, 0.6) is 0 Å². The molecule has 3 nitrogen and oxygen atoms in total. The second-order valence-corrected chi connectivity index (χ2v) is 4.69. The lowest BCUT2D eigenvalue weighted by Gasteiger charge is -2.32. The first kappa shape index (κ1) is 10.1. The van der Waals surface area contributed by atoms with Crippen LogP contribution in [0.4, 0.5) is 0 Å². The van der Waals surface area contributed by atoms with Gasteiger partial charge in [0.25, 0.3) is 0 Å². The summed E-state index contributed by atoms with van der Waals surface area (Å²) in [6, 6.07) is 0. The molecule has 2 unspecified atom stereocenters. The third-order valence-corrected chi connectivity index (χ3v) is 3.98. The van der Waals surface area contributed by atoms with Crippen molar-refractivity contribution in [3.8, 4) is 0 Å². The molecule has 2 rings (SSSR count). The van der Waals surface area contributed by atoms with E-state index in [1.54, 1.807) is 11.3 Å². The number of thiazole rings is 1. The van der Waals surface area contributed by atoms with E-state index in [0.29, 0.717) is 0 Å². The molecule has 0 bridgehead atoms. The average molecular weight is 212 g/mol. The molecular weight excluding hydrogens is 196 g/mol. The molecule has 2 heterocycles. The number of nitrogens with zero attached hydrogens (tertiary/aromatic N) is 1. The van der Waals surface area contributed by atoms with Crippen molar-refractivity contribution in [2.75, 3.05) is 13.7 Å². The van der Waals surface area contributed by atoms with Crippen LogP contribution in [0.2, 0.25) is 0 Å². The minimum Gasteiger partial charge on any atom is -0.376 e. The highest BCUT2D eigenvalue weighted by Gasteiger charge is 2.39. The van der Waals surface area contributed by atoms with E-state index in [4.69, 9.17) is 4.74 Å². The van der Waals surface area contributed by atoms with Gasteiger partial charge in [0.1, 0.15) is 5.01 Å². The maximum atomic E-state index is 5.74. The largest absolute Gasteiger partial charge is 0.376 e. The topological polar surface area (TPSA) is 34.2 Å². The van der Waals surface area contributed by atoms with E-state index in [-0.39, 0.29) is 11.6 Å². The Kier molecular flexibility index (Phi) is 2.85. The van der Waals surface area contributed by atoms with Gasteiger partial charge < -0.3 is 10.1 Å². The zero-order chi connectivity index (χ0) is 10.0. The van der Waals surface area contributed by atoms with Gasteiger partial charge >= 0.3 is 0 Å². The van der Waals surface area contributed by atoms with Gasteiger partial charge in [-0.15, -0.1) is 11.3 Å². The van der Waals surface area contributed by atoms with Crippen molar-refractivity contribution in [3.63, 3.8) is 0 Å². The number of hydrogen-bond donors (Lipinski definition) is 1. The highest BCUT2D eigenvalue weighted by atomic mass is 32.1. The second kappa shape index (κ2) is 3.96. The van der Waals surface area contributed by atoms with Crippen LogP contribution in [0.3, 0.4) is 0 Å². The van der Waals surface area contributed by atoms with Gasteiger partial charge in [-0.05, 0) is 26.8 Å². The summed E-state index contributed by atoms with van der Waals surface area (Å²) in [6.07, 6.45) is 4.40. The summed E-state index contributed by atoms with van der Waals surface area (Å²) in [5.74, 6) is 0. The Morgan fingerprint density at radius 3 is 3.07 bits per heavy atom. The van der Waals surface area contributed by atoms with Gasteiger partial charge in [0.2, 0.25) is 0 Å². The number of rotatable bonds is 3. The van der Waals surface area contributed by atoms with Gasteiger partial charge in [-0.2, -0.15) is 0 Å². The van der Waals surface area contributed by atoms with Crippen LogP contribution in [-0.4, -0.2) is 24.7 Å². The van der Waals surface area contributed by atoms with Crippen molar-refractivity contribution in [1.82, 2.24) is 10.3 Å². The molecule has 1 fully saturated rings. The molecule has 1 saturated heterocycles. The van der Waals surface area contributed by atoms with E-state index < -0.39 is 0 Å². The third kappa shape index (κ3) is 1.58. The first-order valence-corrected chi connectivity index (χ1v) is 5.86. The number of aromatic nitrogens is 1. The van der Waals surface area contributed by atoms with Crippen molar-refractivity contribution < 1.29 is 4.74 Å². The van der Waals surface area contributed by atoms with Gasteiger partial charge in [-0.3, -0.25) is 0 Å². The van der Waals surface area contributed by atoms with Gasteiger partial charge in [-0.25, -0.2) is 4.98 Å². The maximum Gasteiger partial charge on any atom is 0.115 e. The monoisotopic (exact) mass is 212 g/mol. The minimum atomic E-state index is -0.120. The van der Waals surface area contributed by atoms with Crippen LogP contribution in [0.25, 0.3) is 0 Å². The third-order valence-electron chi connectivity index (χ3n) is 2.97. The summed E-state index contributed by atoms with van der Waals surface area (Å²) in [4.78, 5) is 4.38. The smallest absolute Gasteiger partial charge is 0.115 e. The molecule has 1 aliphatic rings. The molecule has 1 N–H and O–H groups in total. The molecular formula is C10H16N2OS. The zero-order valence-corrected chi connectivity index (χ0v) is 9.43. The fourth-order valence-corrected chi connectivity index (χ4v) is 2.77. The van der Waals surface area contributed by atoms with Crippen LogP contribution in [0, 0.1) is 0 Å². The lowest BCUT2D eigenvalue weighted by Crippen LogP contribution is -2.47. The summed E-state index contributed by atoms with van der Waals surface area (Å²) in [5.41, 5.74) is -0.120. The SMILES string of the molecule is CNC(C)(c1nccs1)C1CCCO1. The lowest BCUT2D eigenvalue weighted by molar-refractivity contribution is 0.0374. The van der Waals surface area contributed by atoms with E-state index in [2.05, 4.69) is 17.2 Å². The van der Waals surface area contributed by atoms with Crippen molar-refractivity contribution >= 4 is 11.3 Å². The normalized spacial score (nSPS) is 26.3. The van der Waals surface area contributed by atoms with Crippen LogP contribution in [0.1, 0.15) is 24.8 Å². The van der Waals surface area contributed by atoms with Crippen molar-refractivity contribution in [3.05, 3.63) is 16.6 Å². The van der Waals surface area contributed by atoms with E-state index >= 15 is 0 Å². The fraction of sp³-hybridized carbons (Fsp3) is 0.700. The van der Waals surface area contributed by atoms with Gasteiger partial charge in [0, 0.05) is 18.2 Å². The van der Waals surface area contributed by atoms with Crippen molar-refractivity contribution in [2.45, 2.75) is 31.4 Å². The van der Waals surface area contributed by atoms with Crippen molar-refractivity contribution in [1.29, 1.82) is 0 Å². The van der Waals surface area contributed by atoms with Gasteiger partial charge in [-0.1, -0.05) is 0 Å². The molecule has 1 aromatic heterocycles. The summed E-state index contributed by atoms with van der Waals surface area (Å²) in [7, 11) is 1.98. The predicted octanol–water partition coefficient (Wildman–Crippen LogP) is 1.76. The van der Waals surface area contributed by atoms with Crippen LogP contribution in [0.15, 0.2) is 11.6 Å². The summed E-state index contributed by atoms with van der Waals surface area (Å²) >= 11 is 1.69. The average Bonchev–Trinajstić information content (AvgIpc) is 2.88. The quantitative estimate of drug-likeness (QED) is 0.829. The number of nitrogens with one attached hydrogen (secondary N) is 1. The molecule has 0 saturated carbocycles. The summed E-state index contributed by atoms with van der Waals surface area (Å²) in [5, 5.41) is 6.48. The molecule has 4 heteroatoms. The maximum absolute atomic E-state index is 5.74. The number of hydrogen-bond acceptors (Lipinski definition) is 4. The number of likely N-dealkylation sites (N-methyl/N-ethyl adjacent to an activating group) is 1. The Morgan fingerprint density at radius 1 is 1.71 bits per heavy atom. The Hall–Kier alpha value is -0.450. The molecule has 0 aliphatic carbocycles. The minimum absolute atomic E-state index is 0.120. The molecule has 1 aromatic rings. The Balaban J connectivity index is 2.24. The van der Waals surface area contributed by atoms with Crippen molar-refractivity contribution in [2.24, 2.45) is 0 Å². The van der Waals surface area contributed by atoms with Crippen LogP contribution < -0.4 is 5.32 Å². The highest BCUT2D eigenvalue weighted by molar-refractivity contribution is 7.09. The standard InChI is InChI=1S/C10H16N2OS/c1-10(11-2,8-4-3-6-13-8)9-12-5-7-14-9/h5,7-8,11H,3-4,6H2,1-2H3. The van der Waals surface area contributed by atoms with E-state index in [9.17, 15) is 0 Å². The number of ether oxygens (including phenoxy) is 1. The molecule has 0 spiro atoms. The zero-order valence-electron chi connectivity index (χ0n) is 8.62. The first-order chi connectivity index (χ1) is 6.77. The summed E-state index contributed by atoms with van der Waals surface area (Å²) < 4.78 is 5.74. The molecule has 1 aliphatic heterocycles. The predicted molar refractivity (Wildman–Crippen MR) is 57.5 cm³/mol. The Labute approximate surface area is 88.5 Å². The fourth-order valence-electron chi connectivity index (χ4n) is 1.92. The Bertz CT molecular complexity index is 282. The molecule has 0 aromatic carbocycles. The molecule has 0 radical (unpaired) electrons. The molecule has 78 valence electrons. The Morgan fingerprint density at radius 2 is 2.57 bits per heavy atom. The van der Waals surface area contributed by atoms with E-state index in [1.807, 2.05) is 18.6 Å². The highest BCUT2D eigenvalue weighted by Crippen LogP contribution is 2.33. The van der Waals surface area contributed by atoms with E-state index in [1.165, 1.54) is 0 Å². The van der Waals surface area contributed by atoms with E-state index in [0.717, 1.165) is 24.5 Å². The van der Waals surface area contributed by atoms with Crippen LogP contribution >= 0.6 is 11.3 Å². The lowest BCUT2D eigenvalue weighted by atomic mass is 9.93. The van der Waals surface area contributed by atoms with Crippen LogP contribution in [-0.2, 0) is 10.3 Å². The molecule has 2 atom stereocenters. The molecule has 14 heavy (non-hydrogen) atoms. The van der Waals surface area contributed by atoms with Gasteiger partial charge in [0.15, 0.2) is 0 Å². The molecule has 0 amide bonds. The summed E-state index contributed by atoms with van der Waals surface area (Å²) in [6.45, 7) is 3.05. The van der Waals surface area contributed by atoms with Gasteiger partial charge in [0.05, 0.1) is 11.6 Å².